The van der Waals surface area contributed by atoms with Crippen molar-refractivity contribution in [3.05, 3.63) is 47.3 Å². The molecule has 1 saturated heterocycles. The Balaban J connectivity index is 1.52. The summed E-state index contributed by atoms with van der Waals surface area (Å²) in [5, 5.41) is 19.2. The highest BCUT2D eigenvalue weighted by Crippen LogP contribution is 2.29. The highest BCUT2D eigenvalue weighted by molar-refractivity contribution is 5.82. The number of aromatic nitrogens is 5. The van der Waals surface area contributed by atoms with Gasteiger partial charge in [-0.25, -0.2) is 13.5 Å². The van der Waals surface area contributed by atoms with Crippen LogP contribution in [-0.2, 0) is 11.4 Å². The van der Waals surface area contributed by atoms with Crippen LogP contribution < -0.4 is 19.7 Å². The maximum atomic E-state index is 12.8. The van der Waals surface area contributed by atoms with Crippen LogP contribution in [0.2, 0.25) is 0 Å². The number of amides is 1. The topological polar surface area (TPSA) is 107 Å². The first-order valence-corrected chi connectivity index (χ1v) is 9.82. The minimum absolute atomic E-state index is 0.0476. The van der Waals surface area contributed by atoms with Gasteiger partial charge >= 0.3 is 0 Å². The van der Waals surface area contributed by atoms with E-state index in [1.54, 1.807) is 30.0 Å². The fourth-order valence-corrected chi connectivity index (χ4v) is 3.24. The normalized spacial score (nSPS) is 13.9. The Morgan fingerprint density at radius 2 is 1.97 bits per heavy atom. The zero-order valence-corrected chi connectivity index (χ0v) is 17.5. The van der Waals surface area contributed by atoms with Crippen molar-refractivity contribution in [2.75, 3.05) is 31.6 Å². The Kier molecular flexibility index (Phi) is 6.10. The molecule has 12 heteroatoms. The number of carbonyl (C=O) groups excluding carboxylic acids is 1. The second kappa shape index (κ2) is 9.12. The first kappa shape index (κ1) is 21.4. The van der Waals surface area contributed by atoms with E-state index in [4.69, 9.17) is 9.47 Å². The second-order valence-electron chi connectivity index (χ2n) is 7.06. The van der Waals surface area contributed by atoms with Gasteiger partial charge in [-0.2, -0.15) is 0 Å². The summed E-state index contributed by atoms with van der Waals surface area (Å²) in [5.41, 5.74) is 1.74. The fourth-order valence-electron chi connectivity index (χ4n) is 3.24. The molecule has 0 aliphatic carbocycles. The van der Waals surface area contributed by atoms with Gasteiger partial charge in [-0.15, -0.1) is 15.3 Å². The first-order chi connectivity index (χ1) is 15.5. The molecule has 1 amide bonds. The zero-order valence-electron chi connectivity index (χ0n) is 17.5. The lowest BCUT2D eigenvalue weighted by Gasteiger charge is -2.27. The third kappa shape index (κ3) is 4.43. The second-order valence-corrected chi connectivity index (χ2v) is 7.06. The van der Waals surface area contributed by atoms with Crippen molar-refractivity contribution < 1.29 is 23.0 Å². The number of nitrogens with zero attached hydrogens (tertiary/aromatic N) is 6. The number of piperazine rings is 1. The molecule has 0 unspecified atom stereocenters. The van der Waals surface area contributed by atoms with Crippen LogP contribution in [0.5, 0.6) is 11.6 Å². The summed E-state index contributed by atoms with van der Waals surface area (Å²) in [6.07, 6.45) is -2.54. The molecule has 3 heterocycles. The zero-order chi connectivity index (χ0) is 22.7. The summed E-state index contributed by atoms with van der Waals surface area (Å²) in [6.45, 7) is 3.13. The molecule has 32 heavy (non-hydrogen) atoms. The van der Waals surface area contributed by atoms with Gasteiger partial charge in [-0.3, -0.25) is 4.79 Å². The van der Waals surface area contributed by atoms with Gasteiger partial charge in [-0.05, 0) is 19.1 Å². The van der Waals surface area contributed by atoms with Gasteiger partial charge in [0.15, 0.2) is 11.6 Å². The van der Waals surface area contributed by atoms with Crippen LogP contribution in [0.4, 0.5) is 14.6 Å². The lowest BCUT2D eigenvalue weighted by molar-refractivity contribution is -0.120. The summed E-state index contributed by atoms with van der Waals surface area (Å²) in [5.74, 6) is 0.943. The number of alkyl halides is 2. The van der Waals surface area contributed by atoms with Crippen LogP contribution in [0, 0.1) is 6.92 Å². The molecule has 1 aliphatic heterocycles. The summed E-state index contributed by atoms with van der Waals surface area (Å²) < 4.78 is 38.4. The minimum atomic E-state index is -2.54. The van der Waals surface area contributed by atoms with Gasteiger partial charge in [0, 0.05) is 24.7 Å². The number of hydrogen-bond donors (Lipinski definition) is 1. The van der Waals surface area contributed by atoms with E-state index in [1.165, 1.54) is 23.9 Å². The molecule has 10 nitrogen and oxygen atoms in total. The van der Waals surface area contributed by atoms with E-state index in [0.717, 1.165) is 0 Å². The number of benzene rings is 1. The van der Waals surface area contributed by atoms with Crippen LogP contribution in [0.15, 0.2) is 30.3 Å². The van der Waals surface area contributed by atoms with Crippen LogP contribution in [0.3, 0.4) is 0 Å². The van der Waals surface area contributed by atoms with E-state index in [9.17, 15) is 13.6 Å². The van der Waals surface area contributed by atoms with Gasteiger partial charge in [-0.1, -0.05) is 17.3 Å². The molecule has 3 aromatic rings. The first-order valence-electron chi connectivity index (χ1n) is 9.82. The lowest BCUT2D eigenvalue weighted by atomic mass is 10.2. The quantitative estimate of drug-likeness (QED) is 0.587. The van der Waals surface area contributed by atoms with Crippen molar-refractivity contribution in [1.29, 1.82) is 0 Å². The largest absolute Gasteiger partial charge is 0.491 e. The summed E-state index contributed by atoms with van der Waals surface area (Å²) in [6, 6.07) is 7.43. The molecule has 0 atom stereocenters. The Morgan fingerprint density at radius 3 is 2.66 bits per heavy atom. The maximum absolute atomic E-state index is 12.8. The average molecular weight is 445 g/mol. The SMILES string of the molecule is COc1cc(N2CCNC(=O)C2)nnc1OCc1c(C)nnn1-c1ccc(C(F)F)cc1. The molecular weight excluding hydrogens is 424 g/mol. The Morgan fingerprint density at radius 1 is 1.19 bits per heavy atom. The van der Waals surface area contributed by atoms with Crippen LogP contribution in [0.1, 0.15) is 23.4 Å². The van der Waals surface area contributed by atoms with Crippen molar-refractivity contribution in [3.63, 3.8) is 0 Å². The number of hydrogen-bond acceptors (Lipinski definition) is 8. The molecule has 0 bridgehead atoms. The molecule has 0 spiro atoms. The minimum Gasteiger partial charge on any atom is -0.491 e. The number of halogens is 2. The van der Waals surface area contributed by atoms with E-state index >= 15 is 0 Å². The van der Waals surface area contributed by atoms with Crippen molar-refractivity contribution in [1.82, 2.24) is 30.5 Å². The third-order valence-electron chi connectivity index (χ3n) is 4.99. The Bertz CT molecular complexity index is 1110. The molecule has 1 fully saturated rings. The number of anilines is 1. The molecule has 2 aromatic heterocycles. The standard InChI is InChI=1S/C20H21F2N7O3/c1-12-15(29(27-24-12)14-5-3-13(4-6-14)19(21)22)11-32-20-16(31-2)9-17(25-26-20)28-8-7-23-18(30)10-28/h3-6,9,19H,7-8,10-11H2,1-2H3,(H,23,30). The van der Waals surface area contributed by atoms with Gasteiger partial charge in [0.05, 0.1) is 25.0 Å². The summed E-state index contributed by atoms with van der Waals surface area (Å²) in [7, 11) is 1.48. The van der Waals surface area contributed by atoms with Crippen LogP contribution in [0.25, 0.3) is 5.69 Å². The monoisotopic (exact) mass is 445 g/mol. The molecule has 4 rings (SSSR count). The van der Waals surface area contributed by atoms with Gasteiger partial charge < -0.3 is 19.7 Å². The lowest BCUT2D eigenvalue weighted by Crippen LogP contribution is -2.48. The van der Waals surface area contributed by atoms with E-state index in [0.29, 0.717) is 41.7 Å². The van der Waals surface area contributed by atoms with Crippen molar-refractivity contribution in [2.45, 2.75) is 20.0 Å². The molecule has 168 valence electrons. The van der Waals surface area contributed by atoms with Crippen molar-refractivity contribution in [2.24, 2.45) is 0 Å². The van der Waals surface area contributed by atoms with Crippen molar-refractivity contribution >= 4 is 11.7 Å². The smallest absolute Gasteiger partial charge is 0.276 e. The average Bonchev–Trinajstić information content (AvgIpc) is 3.17. The fraction of sp³-hybridized carbons (Fsp3) is 0.350. The van der Waals surface area contributed by atoms with E-state index in [1.807, 2.05) is 0 Å². The van der Waals surface area contributed by atoms with E-state index in [-0.39, 0.29) is 30.5 Å². The third-order valence-corrected chi connectivity index (χ3v) is 4.99. The molecule has 1 aromatic carbocycles. The van der Waals surface area contributed by atoms with Gasteiger partial charge in [0.2, 0.25) is 5.91 Å². The van der Waals surface area contributed by atoms with E-state index in [2.05, 4.69) is 25.8 Å². The summed E-state index contributed by atoms with van der Waals surface area (Å²) in [4.78, 5) is 13.4. The van der Waals surface area contributed by atoms with Gasteiger partial charge in [0.1, 0.15) is 12.3 Å². The number of ether oxygens (including phenoxy) is 2. The summed E-state index contributed by atoms with van der Waals surface area (Å²) >= 11 is 0. The Hall–Kier alpha value is -3.83. The molecular formula is C20H21F2N7O3. The van der Waals surface area contributed by atoms with E-state index < -0.39 is 6.43 Å². The van der Waals surface area contributed by atoms with Crippen molar-refractivity contribution in [3.8, 4) is 17.3 Å². The number of carbonyl (C=O) groups is 1. The Labute approximate surface area is 182 Å². The van der Waals surface area contributed by atoms with Crippen LogP contribution in [-0.4, -0.2) is 57.8 Å². The number of nitrogens with one attached hydrogen (secondary N) is 1. The highest BCUT2D eigenvalue weighted by atomic mass is 19.3. The molecule has 1 N–H and O–H groups in total. The van der Waals surface area contributed by atoms with Crippen LogP contribution >= 0.6 is 0 Å². The maximum Gasteiger partial charge on any atom is 0.276 e. The van der Waals surface area contributed by atoms with Gasteiger partial charge in [0.25, 0.3) is 12.3 Å². The number of methoxy groups -OCH3 is 1. The number of aryl methyl sites for hydroxylation is 1. The number of rotatable bonds is 7. The molecule has 1 aliphatic rings. The molecule has 0 radical (unpaired) electrons. The highest BCUT2D eigenvalue weighted by Gasteiger charge is 2.21. The molecule has 0 saturated carbocycles. The predicted molar refractivity (Wildman–Crippen MR) is 109 cm³/mol. The predicted octanol–water partition coefficient (Wildman–Crippen LogP) is 1.83.